The van der Waals surface area contributed by atoms with E-state index >= 15 is 0 Å². The standard InChI is InChI=1S/C24H26N6O/c1-23(2,3)16-8-6-15(7-9-16)20-21(31)29(5)22(26)28-24(20,4)17-10-11-19-27-13-18(12-25)30(19)14-17/h6-11,13-14,20H,1-5H3,(H2,26,28)/t20-,24-/m1/s1. The third-order valence-corrected chi connectivity index (χ3v) is 6.20. The zero-order valence-electron chi connectivity index (χ0n) is 18.4. The van der Waals surface area contributed by atoms with Gasteiger partial charge in [0.1, 0.15) is 17.4 Å². The summed E-state index contributed by atoms with van der Waals surface area (Å²) in [7, 11) is 1.61. The molecule has 1 fully saturated rings. The lowest BCUT2D eigenvalue weighted by molar-refractivity contribution is -0.131. The fraction of sp³-hybridized carbons (Fsp3) is 0.333. The van der Waals surface area contributed by atoms with Gasteiger partial charge in [0.05, 0.1) is 17.7 Å². The number of aromatic nitrogens is 2. The van der Waals surface area contributed by atoms with Gasteiger partial charge in [-0.3, -0.25) is 19.5 Å². The number of guanidine groups is 1. The zero-order chi connectivity index (χ0) is 22.6. The van der Waals surface area contributed by atoms with Crippen molar-refractivity contribution in [2.24, 2.45) is 0 Å². The second-order valence-electron chi connectivity index (χ2n) is 9.28. The molecule has 0 spiro atoms. The van der Waals surface area contributed by atoms with Crippen LogP contribution < -0.4 is 5.32 Å². The number of nitrogens with zero attached hydrogens (tertiary/aromatic N) is 4. The minimum absolute atomic E-state index is 0.00965. The van der Waals surface area contributed by atoms with E-state index < -0.39 is 11.5 Å². The molecule has 0 unspecified atom stereocenters. The molecule has 3 aromatic rings. The van der Waals surface area contributed by atoms with Gasteiger partial charge in [-0.15, -0.1) is 0 Å². The molecule has 2 aromatic heterocycles. The molecule has 7 heteroatoms. The van der Waals surface area contributed by atoms with Crippen molar-refractivity contribution in [1.82, 2.24) is 19.6 Å². The quantitative estimate of drug-likeness (QED) is 0.671. The number of carbonyl (C=O) groups is 1. The first kappa shape index (κ1) is 20.6. The summed E-state index contributed by atoms with van der Waals surface area (Å²) in [6.45, 7) is 8.39. The number of hydrogen-bond acceptors (Lipinski definition) is 4. The molecule has 0 radical (unpaired) electrons. The summed E-state index contributed by atoms with van der Waals surface area (Å²) >= 11 is 0. The van der Waals surface area contributed by atoms with Crippen LogP contribution in [0.2, 0.25) is 0 Å². The summed E-state index contributed by atoms with van der Waals surface area (Å²) in [4.78, 5) is 19.0. The molecule has 1 aliphatic heterocycles. The minimum Gasteiger partial charge on any atom is -0.346 e. The number of carbonyl (C=O) groups excluding carboxylic acids is 1. The summed E-state index contributed by atoms with van der Waals surface area (Å²) in [6.07, 6.45) is 3.36. The Balaban J connectivity index is 1.88. The Bertz CT molecular complexity index is 1230. The number of rotatable bonds is 2. The number of benzene rings is 1. The average Bonchev–Trinajstić information content (AvgIpc) is 3.14. The van der Waals surface area contributed by atoms with Crippen LogP contribution in [0.25, 0.3) is 5.65 Å². The second kappa shape index (κ2) is 6.95. The molecule has 1 aromatic carbocycles. The van der Waals surface area contributed by atoms with Crippen LogP contribution in [-0.2, 0) is 15.7 Å². The van der Waals surface area contributed by atoms with Crippen LogP contribution in [0.1, 0.15) is 56.0 Å². The molecule has 1 saturated heterocycles. The van der Waals surface area contributed by atoms with E-state index in [-0.39, 0.29) is 17.3 Å². The normalized spacial score (nSPS) is 21.8. The fourth-order valence-corrected chi connectivity index (χ4v) is 4.21. The van der Waals surface area contributed by atoms with E-state index in [1.54, 1.807) is 11.4 Å². The summed E-state index contributed by atoms with van der Waals surface area (Å²) in [5, 5.41) is 21.0. The van der Waals surface area contributed by atoms with Crippen molar-refractivity contribution in [2.45, 2.75) is 44.6 Å². The van der Waals surface area contributed by atoms with E-state index in [2.05, 4.69) is 49.3 Å². The molecule has 0 aliphatic carbocycles. The molecule has 1 amide bonds. The maximum absolute atomic E-state index is 13.4. The topological polar surface area (TPSA) is 97.3 Å². The maximum atomic E-state index is 13.4. The Labute approximate surface area is 181 Å². The van der Waals surface area contributed by atoms with E-state index in [0.29, 0.717) is 11.3 Å². The van der Waals surface area contributed by atoms with E-state index in [1.165, 1.54) is 16.7 Å². The van der Waals surface area contributed by atoms with E-state index in [9.17, 15) is 10.1 Å². The van der Waals surface area contributed by atoms with Gasteiger partial charge in [0.15, 0.2) is 5.96 Å². The number of hydrogen-bond donors (Lipinski definition) is 2. The molecular formula is C24H26N6O. The Hall–Kier alpha value is -3.66. The summed E-state index contributed by atoms with van der Waals surface area (Å²) in [5.74, 6) is -0.658. The zero-order valence-corrected chi connectivity index (χ0v) is 18.4. The smallest absolute Gasteiger partial charge is 0.239 e. The molecule has 31 heavy (non-hydrogen) atoms. The van der Waals surface area contributed by atoms with Gasteiger partial charge in [0.2, 0.25) is 5.91 Å². The van der Waals surface area contributed by atoms with E-state index in [1.807, 2.05) is 37.4 Å². The number of amides is 1. The molecule has 0 bridgehead atoms. The summed E-state index contributed by atoms with van der Waals surface area (Å²) < 4.78 is 1.72. The van der Waals surface area contributed by atoms with Gasteiger partial charge in [-0.25, -0.2) is 4.98 Å². The van der Waals surface area contributed by atoms with E-state index in [0.717, 1.165) is 11.1 Å². The number of fused-ring (bicyclic) bond motifs is 1. The van der Waals surface area contributed by atoms with Crippen LogP contribution in [0.4, 0.5) is 0 Å². The summed E-state index contributed by atoms with van der Waals surface area (Å²) in [6, 6.07) is 14.0. The lowest BCUT2D eigenvalue weighted by Crippen LogP contribution is -2.62. The van der Waals surface area contributed by atoms with Gasteiger partial charge < -0.3 is 5.32 Å². The van der Waals surface area contributed by atoms with Crippen molar-refractivity contribution in [2.75, 3.05) is 7.05 Å². The predicted molar refractivity (Wildman–Crippen MR) is 119 cm³/mol. The number of pyridine rings is 1. The van der Waals surface area contributed by atoms with Crippen LogP contribution in [-0.4, -0.2) is 33.2 Å². The van der Waals surface area contributed by atoms with Crippen molar-refractivity contribution in [3.05, 3.63) is 71.2 Å². The Kier molecular flexibility index (Phi) is 4.62. The molecule has 1 aliphatic rings. The number of imidazole rings is 1. The molecule has 7 nitrogen and oxygen atoms in total. The molecule has 3 heterocycles. The molecule has 2 N–H and O–H groups in total. The summed E-state index contributed by atoms with van der Waals surface area (Å²) in [5.41, 5.74) is 3.06. The first-order valence-electron chi connectivity index (χ1n) is 10.2. The van der Waals surface area contributed by atoms with Crippen LogP contribution in [0.3, 0.4) is 0 Å². The molecule has 2 atom stereocenters. The lowest BCUT2D eigenvalue weighted by Gasteiger charge is -2.46. The van der Waals surface area contributed by atoms with E-state index in [4.69, 9.17) is 5.41 Å². The number of nitriles is 1. The predicted octanol–water partition coefficient (Wildman–Crippen LogP) is 3.50. The highest BCUT2D eigenvalue weighted by molar-refractivity contribution is 6.02. The Morgan fingerprint density at radius 2 is 1.87 bits per heavy atom. The van der Waals surface area contributed by atoms with Crippen LogP contribution in [0, 0.1) is 16.7 Å². The van der Waals surface area contributed by atoms with Gasteiger partial charge in [-0.1, -0.05) is 51.1 Å². The highest BCUT2D eigenvalue weighted by atomic mass is 16.2. The van der Waals surface area contributed by atoms with Crippen LogP contribution in [0.5, 0.6) is 0 Å². The molecular weight excluding hydrogens is 388 g/mol. The van der Waals surface area contributed by atoms with Crippen LogP contribution in [0.15, 0.2) is 48.8 Å². The van der Waals surface area contributed by atoms with Gasteiger partial charge in [0, 0.05) is 13.2 Å². The Morgan fingerprint density at radius 1 is 1.19 bits per heavy atom. The van der Waals surface area contributed by atoms with Gasteiger partial charge in [0.25, 0.3) is 0 Å². The first-order valence-corrected chi connectivity index (χ1v) is 10.2. The lowest BCUT2D eigenvalue weighted by atomic mass is 9.73. The second-order valence-corrected chi connectivity index (χ2v) is 9.28. The van der Waals surface area contributed by atoms with Crippen molar-refractivity contribution in [3.63, 3.8) is 0 Å². The van der Waals surface area contributed by atoms with Crippen molar-refractivity contribution in [1.29, 1.82) is 10.7 Å². The molecule has 4 rings (SSSR count). The molecule has 0 saturated carbocycles. The third kappa shape index (κ3) is 3.25. The van der Waals surface area contributed by atoms with Crippen molar-refractivity contribution < 1.29 is 4.79 Å². The van der Waals surface area contributed by atoms with Crippen molar-refractivity contribution >= 4 is 17.5 Å². The van der Waals surface area contributed by atoms with Gasteiger partial charge >= 0.3 is 0 Å². The number of nitrogens with one attached hydrogen (secondary N) is 2. The largest absolute Gasteiger partial charge is 0.346 e. The average molecular weight is 415 g/mol. The number of likely N-dealkylation sites (N-methyl/N-ethyl adjacent to an activating group) is 1. The SMILES string of the molecule is CN1C(=N)N[C@](C)(c2ccc3ncc(C#N)n3c2)[C@H](c2ccc(C(C)(C)C)cc2)C1=O. The fourth-order valence-electron chi connectivity index (χ4n) is 4.21. The van der Waals surface area contributed by atoms with Gasteiger partial charge in [-0.05, 0) is 35.1 Å². The monoisotopic (exact) mass is 414 g/mol. The maximum Gasteiger partial charge on any atom is 0.239 e. The Morgan fingerprint density at radius 3 is 2.48 bits per heavy atom. The third-order valence-electron chi connectivity index (χ3n) is 6.20. The highest BCUT2D eigenvalue weighted by Crippen LogP contribution is 2.41. The molecule has 158 valence electrons. The van der Waals surface area contributed by atoms with Crippen molar-refractivity contribution in [3.8, 4) is 6.07 Å². The van der Waals surface area contributed by atoms with Crippen LogP contribution >= 0.6 is 0 Å². The minimum atomic E-state index is -0.880. The first-order chi connectivity index (χ1) is 14.6. The highest BCUT2D eigenvalue weighted by Gasteiger charge is 2.48. The van der Waals surface area contributed by atoms with Gasteiger partial charge in [-0.2, -0.15) is 5.26 Å².